The van der Waals surface area contributed by atoms with Crippen molar-refractivity contribution in [2.45, 2.75) is 58.2 Å². The van der Waals surface area contributed by atoms with Crippen LogP contribution in [0.15, 0.2) is 41.9 Å². The average molecular weight is 370 g/mol. The number of hydrogen-bond acceptors (Lipinski definition) is 3. The maximum Gasteiger partial charge on any atom is 0.191 e. The molecule has 1 aromatic carbocycles. The van der Waals surface area contributed by atoms with Crippen molar-refractivity contribution < 1.29 is 4.74 Å². The van der Waals surface area contributed by atoms with Crippen LogP contribution in [0.5, 0.6) is 5.75 Å². The van der Waals surface area contributed by atoms with E-state index in [0.29, 0.717) is 12.6 Å². The summed E-state index contributed by atoms with van der Waals surface area (Å²) in [5.41, 5.74) is 2.41. The Morgan fingerprint density at radius 2 is 2.15 bits per heavy atom. The Morgan fingerprint density at radius 1 is 1.30 bits per heavy atom. The van der Waals surface area contributed by atoms with E-state index in [1.165, 1.54) is 36.8 Å². The fourth-order valence-corrected chi connectivity index (χ4v) is 3.39. The number of nitrogens with zero attached hydrogens (tertiary/aromatic N) is 3. The van der Waals surface area contributed by atoms with E-state index < -0.39 is 0 Å². The van der Waals surface area contributed by atoms with Gasteiger partial charge in [-0.15, -0.1) is 0 Å². The van der Waals surface area contributed by atoms with Gasteiger partial charge in [0.25, 0.3) is 0 Å². The number of benzene rings is 1. The highest BCUT2D eigenvalue weighted by atomic mass is 16.5. The monoisotopic (exact) mass is 369 g/mol. The molecule has 27 heavy (non-hydrogen) atoms. The molecule has 0 unspecified atom stereocenters. The first-order valence-electron chi connectivity index (χ1n) is 9.91. The maximum absolute atomic E-state index is 6.28. The number of aromatic nitrogens is 2. The minimum atomic E-state index is 0.367. The molecule has 0 radical (unpaired) electrons. The van der Waals surface area contributed by atoms with Crippen LogP contribution in [0.4, 0.5) is 0 Å². The minimum Gasteiger partial charge on any atom is -0.490 e. The van der Waals surface area contributed by atoms with Crippen LogP contribution in [-0.2, 0) is 13.1 Å². The van der Waals surface area contributed by atoms with Crippen molar-refractivity contribution in [1.82, 2.24) is 20.2 Å². The number of guanidine groups is 1. The van der Waals surface area contributed by atoms with Crippen LogP contribution in [-0.4, -0.2) is 35.2 Å². The van der Waals surface area contributed by atoms with Crippen LogP contribution in [0.2, 0.25) is 0 Å². The molecule has 0 aliphatic heterocycles. The third-order valence-electron chi connectivity index (χ3n) is 4.93. The summed E-state index contributed by atoms with van der Waals surface area (Å²) in [6, 6.07) is 6.44. The van der Waals surface area contributed by atoms with E-state index in [4.69, 9.17) is 4.74 Å². The molecule has 0 bridgehead atoms. The largest absolute Gasteiger partial charge is 0.490 e. The lowest BCUT2D eigenvalue weighted by molar-refractivity contribution is 0.207. The first-order chi connectivity index (χ1) is 13.2. The first-order valence-corrected chi connectivity index (χ1v) is 9.91. The van der Waals surface area contributed by atoms with E-state index in [0.717, 1.165) is 31.2 Å². The van der Waals surface area contributed by atoms with Gasteiger partial charge >= 0.3 is 0 Å². The van der Waals surface area contributed by atoms with Crippen LogP contribution >= 0.6 is 0 Å². The Morgan fingerprint density at radius 3 is 2.89 bits per heavy atom. The molecule has 0 spiro atoms. The highest BCUT2D eigenvalue weighted by molar-refractivity contribution is 5.79. The zero-order valence-corrected chi connectivity index (χ0v) is 16.4. The molecule has 1 fully saturated rings. The summed E-state index contributed by atoms with van der Waals surface area (Å²) in [5, 5.41) is 6.77. The van der Waals surface area contributed by atoms with Gasteiger partial charge in [-0.1, -0.05) is 12.1 Å². The zero-order chi connectivity index (χ0) is 18.9. The van der Waals surface area contributed by atoms with Gasteiger partial charge in [0.05, 0.1) is 12.4 Å². The number of hydrogen-bond donors (Lipinski definition) is 2. The molecule has 0 saturated heterocycles. The second-order valence-electron chi connectivity index (χ2n) is 7.14. The third-order valence-corrected chi connectivity index (χ3v) is 4.93. The normalized spacial score (nSPS) is 15.1. The predicted molar refractivity (Wildman–Crippen MR) is 109 cm³/mol. The molecule has 2 N–H and O–H groups in total. The highest BCUT2D eigenvalue weighted by Gasteiger charge is 2.18. The SMILES string of the molecule is CN=C(NCCCn1ccnc1)NCc1ccc(C)cc1OC1CCCC1. The lowest BCUT2D eigenvalue weighted by Gasteiger charge is -2.18. The van der Waals surface area contributed by atoms with E-state index in [-0.39, 0.29) is 0 Å². The van der Waals surface area contributed by atoms with Crippen molar-refractivity contribution in [3.8, 4) is 5.75 Å². The fraction of sp³-hybridized carbons (Fsp3) is 0.524. The molecule has 1 aliphatic carbocycles. The van der Waals surface area contributed by atoms with Gasteiger partial charge in [0.2, 0.25) is 0 Å². The molecule has 0 atom stereocenters. The van der Waals surface area contributed by atoms with Gasteiger partial charge in [0.15, 0.2) is 5.96 Å². The Balaban J connectivity index is 1.48. The lowest BCUT2D eigenvalue weighted by Crippen LogP contribution is -2.37. The molecule has 6 heteroatoms. The molecular weight excluding hydrogens is 338 g/mol. The molecule has 3 rings (SSSR count). The van der Waals surface area contributed by atoms with Crippen LogP contribution in [0, 0.1) is 6.92 Å². The van der Waals surface area contributed by atoms with Gasteiger partial charge in [-0.05, 0) is 50.7 Å². The first kappa shape index (κ1) is 19.3. The molecule has 1 heterocycles. The van der Waals surface area contributed by atoms with E-state index in [2.05, 4.69) is 50.3 Å². The standard InChI is InChI=1S/C21H31N5O/c1-17-8-9-18(20(14-17)27-19-6-3-4-7-19)15-25-21(22-2)24-10-5-12-26-13-11-23-16-26/h8-9,11,13-14,16,19H,3-7,10,12,15H2,1-2H3,(H2,22,24,25). The summed E-state index contributed by atoms with van der Waals surface area (Å²) in [4.78, 5) is 8.38. The minimum absolute atomic E-state index is 0.367. The molecule has 1 aromatic heterocycles. The van der Waals surface area contributed by atoms with Crippen LogP contribution in [0.1, 0.15) is 43.2 Å². The van der Waals surface area contributed by atoms with Crippen molar-refractivity contribution in [3.63, 3.8) is 0 Å². The number of aliphatic imine (C=N–C) groups is 1. The summed E-state index contributed by atoms with van der Waals surface area (Å²) in [6.07, 6.45) is 11.9. The average Bonchev–Trinajstić information content (AvgIpc) is 3.36. The van der Waals surface area contributed by atoms with Crippen molar-refractivity contribution >= 4 is 5.96 Å². The highest BCUT2D eigenvalue weighted by Crippen LogP contribution is 2.27. The maximum atomic E-state index is 6.28. The van der Waals surface area contributed by atoms with E-state index in [1.54, 1.807) is 13.2 Å². The van der Waals surface area contributed by atoms with Crippen LogP contribution in [0.3, 0.4) is 0 Å². The second kappa shape index (κ2) is 10.00. The summed E-state index contributed by atoms with van der Waals surface area (Å²) in [7, 11) is 1.80. The summed E-state index contributed by atoms with van der Waals surface area (Å²) in [6.45, 7) is 4.61. The Bertz CT molecular complexity index is 720. The molecule has 1 saturated carbocycles. The van der Waals surface area contributed by atoms with Gasteiger partial charge < -0.3 is 19.9 Å². The molecule has 146 valence electrons. The molecule has 6 nitrogen and oxygen atoms in total. The Labute approximate surface area is 162 Å². The molecule has 1 aliphatic rings. The van der Waals surface area contributed by atoms with Crippen molar-refractivity contribution in [2.24, 2.45) is 4.99 Å². The summed E-state index contributed by atoms with van der Waals surface area (Å²) >= 11 is 0. The van der Waals surface area contributed by atoms with E-state index >= 15 is 0 Å². The van der Waals surface area contributed by atoms with Crippen molar-refractivity contribution in [2.75, 3.05) is 13.6 Å². The van der Waals surface area contributed by atoms with Gasteiger partial charge in [-0.2, -0.15) is 0 Å². The fourth-order valence-electron chi connectivity index (χ4n) is 3.39. The van der Waals surface area contributed by atoms with Gasteiger partial charge in [-0.3, -0.25) is 4.99 Å². The number of aryl methyl sites for hydroxylation is 2. The van der Waals surface area contributed by atoms with Gasteiger partial charge in [0, 0.05) is 44.6 Å². The molecule has 2 aromatic rings. The van der Waals surface area contributed by atoms with E-state index in [1.807, 2.05) is 12.5 Å². The predicted octanol–water partition coefficient (Wildman–Crippen LogP) is 3.27. The summed E-state index contributed by atoms with van der Waals surface area (Å²) < 4.78 is 8.36. The van der Waals surface area contributed by atoms with Crippen molar-refractivity contribution in [1.29, 1.82) is 0 Å². The van der Waals surface area contributed by atoms with Crippen LogP contribution in [0.25, 0.3) is 0 Å². The lowest BCUT2D eigenvalue weighted by atomic mass is 10.1. The van der Waals surface area contributed by atoms with Crippen LogP contribution < -0.4 is 15.4 Å². The number of imidazole rings is 1. The Hall–Kier alpha value is -2.50. The number of rotatable bonds is 8. The van der Waals surface area contributed by atoms with Gasteiger partial charge in [-0.25, -0.2) is 4.98 Å². The zero-order valence-electron chi connectivity index (χ0n) is 16.4. The number of nitrogens with one attached hydrogen (secondary N) is 2. The molecule has 0 amide bonds. The second-order valence-corrected chi connectivity index (χ2v) is 7.14. The quantitative estimate of drug-likeness (QED) is 0.426. The number of ether oxygens (including phenoxy) is 1. The van der Waals surface area contributed by atoms with Gasteiger partial charge in [0.1, 0.15) is 5.75 Å². The summed E-state index contributed by atoms with van der Waals surface area (Å²) in [5.74, 6) is 1.82. The topological polar surface area (TPSA) is 63.5 Å². The third kappa shape index (κ3) is 6.01. The van der Waals surface area contributed by atoms with Crippen molar-refractivity contribution in [3.05, 3.63) is 48.0 Å². The van der Waals surface area contributed by atoms with E-state index in [9.17, 15) is 0 Å². The molecular formula is C21H31N5O. The Kier molecular flexibility index (Phi) is 7.13. The smallest absolute Gasteiger partial charge is 0.191 e.